The summed E-state index contributed by atoms with van der Waals surface area (Å²) >= 11 is 0.921. The molecule has 10 nitrogen and oxygen atoms in total. The Morgan fingerprint density at radius 3 is 2.48 bits per heavy atom. The van der Waals surface area contributed by atoms with Crippen LogP contribution in [0.1, 0.15) is 23.7 Å². The first kappa shape index (κ1) is 20.2. The van der Waals surface area contributed by atoms with Crippen molar-refractivity contribution in [3.8, 4) is 5.75 Å². The fourth-order valence-corrected chi connectivity index (χ4v) is 3.64. The van der Waals surface area contributed by atoms with E-state index in [0.717, 1.165) is 28.8 Å². The number of hydrogen-bond donors (Lipinski definition) is 4. The number of amides is 3. The summed E-state index contributed by atoms with van der Waals surface area (Å²) in [5, 5.41) is 29.1. The van der Waals surface area contributed by atoms with E-state index in [-0.39, 0.29) is 23.4 Å². The Labute approximate surface area is 157 Å². The van der Waals surface area contributed by atoms with Crippen LogP contribution in [0.3, 0.4) is 0 Å². The van der Waals surface area contributed by atoms with Gasteiger partial charge >= 0.3 is 11.9 Å². The molecule has 2 atom stereocenters. The summed E-state index contributed by atoms with van der Waals surface area (Å²) in [4.78, 5) is 58.6. The summed E-state index contributed by atoms with van der Waals surface area (Å²) in [5.41, 5.74) is -0.351. The Balaban J connectivity index is 2.12. The van der Waals surface area contributed by atoms with E-state index in [1.54, 1.807) is 0 Å². The van der Waals surface area contributed by atoms with Gasteiger partial charge in [-0.05, 0) is 12.1 Å². The van der Waals surface area contributed by atoms with Crippen LogP contribution in [0.2, 0.25) is 0 Å². The Bertz CT molecular complexity index is 825. The summed E-state index contributed by atoms with van der Waals surface area (Å²) in [6.45, 7) is 1.17. The van der Waals surface area contributed by atoms with Gasteiger partial charge in [0.15, 0.2) is 0 Å². The average Bonchev–Trinajstić information content (AvgIpc) is 2.84. The van der Waals surface area contributed by atoms with Gasteiger partial charge in [-0.15, -0.1) is 11.8 Å². The second-order valence-corrected chi connectivity index (χ2v) is 6.93. The van der Waals surface area contributed by atoms with Gasteiger partial charge in [-0.25, -0.2) is 14.5 Å². The van der Waals surface area contributed by atoms with Crippen LogP contribution in [0.4, 0.5) is 5.69 Å². The molecule has 4 N–H and O–H groups in total. The number of carbonyl (C=O) groups excluding carboxylic acids is 3. The highest BCUT2D eigenvalue weighted by atomic mass is 32.2. The van der Waals surface area contributed by atoms with E-state index in [0.29, 0.717) is 0 Å². The molecule has 2 rings (SSSR count). The van der Waals surface area contributed by atoms with Crippen LogP contribution < -0.4 is 10.2 Å². The molecule has 1 aliphatic rings. The van der Waals surface area contributed by atoms with Crippen molar-refractivity contribution < 1.29 is 39.3 Å². The van der Waals surface area contributed by atoms with Gasteiger partial charge in [0.2, 0.25) is 17.7 Å². The third-order valence-electron chi connectivity index (χ3n) is 3.71. The van der Waals surface area contributed by atoms with Crippen LogP contribution in [0, 0.1) is 0 Å². The molecule has 1 aliphatic heterocycles. The Hall–Kier alpha value is -3.08. The van der Waals surface area contributed by atoms with E-state index in [9.17, 15) is 29.1 Å². The maximum atomic E-state index is 12.5. The molecule has 1 aromatic carbocycles. The summed E-state index contributed by atoms with van der Waals surface area (Å²) < 4.78 is 0. The van der Waals surface area contributed by atoms with Crippen molar-refractivity contribution in [3.63, 3.8) is 0 Å². The Morgan fingerprint density at radius 2 is 1.96 bits per heavy atom. The lowest BCUT2D eigenvalue weighted by Crippen LogP contribution is -2.42. The largest absolute Gasteiger partial charge is 0.507 e. The average molecular weight is 396 g/mol. The smallest absolute Gasteiger partial charge is 0.339 e. The predicted molar refractivity (Wildman–Crippen MR) is 93.7 cm³/mol. The van der Waals surface area contributed by atoms with Gasteiger partial charge in [0.1, 0.15) is 17.4 Å². The second kappa shape index (κ2) is 8.08. The number of carboxylic acid groups (broad SMARTS) is 2. The van der Waals surface area contributed by atoms with E-state index < -0.39 is 46.7 Å². The molecule has 0 radical (unpaired) electrons. The molecule has 3 amide bonds. The maximum Gasteiger partial charge on any atom is 0.339 e. The molecule has 1 saturated heterocycles. The Kier molecular flexibility index (Phi) is 6.05. The minimum Gasteiger partial charge on any atom is -0.507 e. The summed E-state index contributed by atoms with van der Waals surface area (Å²) in [6.07, 6.45) is -0.183. The number of thioether (sulfide) groups is 1. The zero-order chi connectivity index (χ0) is 20.3. The van der Waals surface area contributed by atoms with Crippen molar-refractivity contribution in [2.75, 3.05) is 10.7 Å². The number of nitrogens with one attached hydrogen (secondary N) is 1. The highest BCUT2D eigenvalue weighted by Gasteiger charge is 2.40. The van der Waals surface area contributed by atoms with Gasteiger partial charge < -0.3 is 20.6 Å². The molecular formula is C16H16N2O8S. The minimum atomic E-state index is -1.36. The van der Waals surface area contributed by atoms with Gasteiger partial charge in [0, 0.05) is 25.2 Å². The van der Waals surface area contributed by atoms with E-state index in [1.165, 1.54) is 13.0 Å². The molecule has 0 bridgehead atoms. The lowest BCUT2D eigenvalue weighted by atomic mass is 10.1. The number of rotatable bonds is 7. The first-order valence-electron chi connectivity index (χ1n) is 7.66. The molecule has 1 fully saturated rings. The molecule has 11 heteroatoms. The predicted octanol–water partition coefficient (Wildman–Crippen LogP) is 0.0448. The summed E-state index contributed by atoms with van der Waals surface area (Å²) in [5.74, 6) is -5.04. The second-order valence-electron chi connectivity index (χ2n) is 5.69. The van der Waals surface area contributed by atoms with E-state index in [2.05, 4.69) is 5.32 Å². The number of aromatic carboxylic acids is 1. The number of nitrogens with zero attached hydrogens (tertiary/aromatic N) is 1. The fraction of sp³-hybridized carbons (Fsp3) is 0.312. The van der Waals surface area contributed by atoms with Crippen molar-refractivity contribution in [3.05, 3.63) is 23.8 Å². The van der Waals surface area contributed by atoms with E-state index in [4.69, 9.17) is 10.2 Å². The van der Waals surface area contributed by atoms with Crippen molar-refractivity contribution >= 4 is 47.1 Å². The molecule has 0 aromatic heterocycles. The number of carboxylic acids is 2. The van der Waals surface area contributed by atoms with Gasteiger partial charge in [-0.3, -0.25) is 14.4 Å². The summed E-state index contributed by atoms with van der Waals surface area (Å²) in [7, 11) is 0. The quantitative estimate of drug-likeness (QED) is 0.466. The Morgan fingerprint density at radius 1 is 1.30 bits per heavy atom. The molecule has 1 aromatic rings. The zero-order valence-electron chi connectivity index (χ0n) is 14.0. The first-order valence-corrected chi connectivity index (χ1v) is 8.71. The van der Waals surface area contributed by atoms with Crippen molar-refractivity contribution in [1.82, 2.24) is 5.32 Å². The third-order valence-corrected chi connectivity index (χ3v) is 5.01. The van der Waals surface area contributed by atoms with Crippen LogP contribution in [0.15, 0.2) is 18.2 Å². The normalized spacial score (nSPS) is 17.7. The first-order chi connectivity index (χ1) is 12.6. The molecule has 1 heterocycles. The van der Waals surface area contributed by atoms with Gasteiger partial charge in [0.05, 0.1) is 10.9 Å². The van der Waals surface area contributed by atoms with E-state index >= 15 is 0 Å². The lowest BCUT2D eigenvalue weighted by Gasteiger charge is -2.17. The molecule has 27 heavy (non-hydrogen) atoms. The van der Waals surface area contributed by atoms with Crippen molar-refractivity contribution in [2.45, 2.75) is 24.6 Å². The fourth-order valence-electron chi connectivity index (χ4n) is 2.48. The minimum absolute atomic E-state index is 0.0206. The zero-order valence-corrected chi connectivity index (χ0v) is 14.9. The van der Waals surface area contributed by atoms with Gasteiger partial charge in [-0.1, -0.05) is 0 Å². The van der Waals surface area contributed by atoms with Crippen LogP contribution in [0.25, 0.3) is 0 Å². The van der Waals surface area contributed by atoms with Crippen LogP contribution in [0.5, 0.6) is 5.75 Å². The van der Waals surface area contributed by atoms with Crippen LogP contribution >= 0.6 is 11.8 Å². The molecule has 0 saturated carbocycles. The van der Waals surface area contributed by atoms with Gasteiger partial charge in [0.25, 0.3) is 0 Å². The van der Waals surface area contributed by atoms with Crippen LogP contribution in [-0.4, -0.2) is 62.0 Å². The highest BCUT2D eigenvalue weighted by Crippen LogP contribution is 2.32. The number of aromatic hydroxyl groups is 1. The van der Waals surface area contributed by atoms with Crippen LogP contribution in [-0.2, 0) is 19.2 Å². The number of aliphatic carboxylic acids is 1. The number of carbonyl (C=O) groups is 5. The number of phenols is 1. The van der Waals surface area contributed by atoms with Crippen molar-refractivity contribution in [2.24, 2.45) is 0 Å². The molecule has 0 spiro atoms. The highest BCUT2D eigenvalue weighted by molar-refractivity contribution is 8.00. The molecule has 0 aliphatic carbocycles. The summed E-state index contributed by atoms with van der Waals surface area (Å²) in [6, 6.07) is 2.10. The lowest BCUT2D eigenvalue weighted by molar-refractivity contribution is -0.140. The van der Waals surface area contributed by atoms with Crippen molar-refractivity contribution in [1.29, 1.82) is 0 Å². The number of imide groups is 1. The standard InChI is InChI=1S/C16H16N2O8S/c1-7(19)17-10(16(25)26)6-27-12-5-13(21)18(14(12)22)8-2-3-9(15(23)24)11(20)4-8/h2-4,10,12,20H,5-6H2,1H3,(H,17,19)(H,23,24)(H,25,26). The molecule has 2 unspecified atom stereocenters. The van der Waals surface area contributed by atoms with Gasteiger partial charge in [-0.2, -0.15) is 0 Å². The topological polar surface area (TPSA) is 161 Å². The van der Waals surface area contributed by atoms with E-state index in [1.807, 2.05) is 0 Å². The molecule has 144 valence electrons. The number of benzene rings is 1. The third kappa shape index (κ3) is 4.56. The molecular weight excluding hydrogens is 380 g/mol. The number of anilines is 1. The number of hydrogen-bond acceptors (Lipinski definition) is 7. The monoisotopic (exact) mass is 396 g/mol. The maximum absolute atomic E-state index is 12.5. The SMILES string of the molecule is CC(=O)NC(CSC1CC(=O)N(c2ccc(C(=O)O)c(O)c2)C1=O)C(=O)O.